The first kappa shape index (κ1) is 12.3. The first-order valence-corrected chi connectivity index (χ1v) is 7.90. The van der Waals surface area contributed by atoms with Crippen LogP contribution in [0.2, 0.25) is 0 Å². The zero-order valence-electron chi connectivity index (χ0n) is 11.4. The summed E-state index contributed by atoms with van der Waals surface area (Å²) in [6, 6.07) is 0. The number of rotatable bonds is 3. The van der Waals surface area contributed by atoms with Crippen molar-refractivity contribution in [2.75, 3.05) is 23.7 Å². The Morgan fingerprint density at radius 2 is 2.06 bits per heavy atom. The smallest absolute Gasteiger partial charge is 0.142 e. The molecule has 0 atom stereocenters. The van der Waals surface area contributed by atoms with Gasteiger partial charge in [-0.15, -0.1) is 0 Å². The van der Waals surface area contributed by atoms with E-state index in [9.17, 15) is 0 Å². The zero-order valence-corrected chi connectivity index (χ0v) is 12.2. The molecule has 1 saturated heterocycles. The van der Waals surface area contributed by atoms with Crippen LogP contribution in [-0.2, 0) is 0 Å². The standard InChI is InChI=1S/C14H23N3S/c1-3-14(2)6-8-17(9-7-14)13-11(10-4-5-10)12(15)16-18-13/h10H,3-9H2,1-2H3,(H2,15,16). The van der Waals surface area contributed by atoms with Crippen LogP contribution in [0.4, 0.5) is 10.8 Å². The van der Waals surface area contributed by atoms with Gasteiger partial charge in [-0.1, -0.05) is 20.3 Å². The molecular formula is C14H23N3S. The third kappa shape index (κ3) is 2.11. The normalized spacial score (nSPS) is 23.3. The van der Waals surface area contributed by atoms with Gasteiger partial charge in [-0.05, 0) is 48.5 Å². The molecule has 2 fully saturated rings. The third-order valence-corrected chi connectivity index (χ3v) is 5.77. The summed E-state index contributed by atoms with van der Waals surface area (Å²) < 4.78 is 4.39. The molecule has 3 rings (SSSR count). The van der Waals surface area contributed by atoms with Gasteiger partial charge >= 0.3 is 0 Å². The molecule has 1 aliphatic carbocycles. The van der Waals surface area contributed by atoms with E-state index in [-0.39, 0.29) is 0 Å². The van der Waals surface area contributed by atoms with Crippen molar-refractivity contribution in [3.05, 3.63) is 5.56 Å². The summed E-state index contributed by atoms with van der Waals surface area (Å²) in [5.74, 6) is 1.50. The van der Waals surface area contributed by atoms with Gasteiger partial charge in [0.05, 0.1) is 0 Å². The van der Waals surface area contributed by atoms with Crippen LogP contribution in [0.5, 0.6) is 0 Å². The second-order valence-electron chi connectivity index (χ2n) is 6.21. The van der Waals surface area contributed by atoms with E-state index in [1.165, 1.54) is 55.8 Å². The average Bonchev–Trinajstić information content (AvgIpc) is 3.14. The Labute approximate surface area is 114 Å². The molecule has 0 amide bonds. The van der Waals surface area contributed by atoms with Crippen molar-refractivity contribution in [2.45, 2.75) is 51.9 Å². The first-order chi connectivity index (χ1) is 8.63. The van der Waals surface area contributed by atoms with Crippen LogP contribution >= 0.6 is 11.5 Å². The van der Waals surface area contributed by atoms with Crippen LogP contribution < -0.4 is 10.6 Å². The Balaban J connectivity index is 1.77. The van der Waals surface area contributed by atoms with Crippen molar-refractivity contribution in [1.29, 1.82) is 0 Å². The number of hydrogen-bond acceptors (Lipinski definition) is 4. The largest absolute Gasteiger partial charge is 0.383 e. The van der Waals surface area contributed by atoms with E-state index in [2.05, 4.69) is 23.1 Å². The number of hydrogen-bond donors (Lipinski definition) is 1. The van der Waals surface area contributed by atoms with Gasteiger partial charge in [0, 0.05) is 18.7 Å². The van der Waals surface area contributed by atoms with Crippen molar-refractivity contribution >= 4 is 22.4 Å². The van der Waals surface area contributed by atoms with Gasteiger partial charge in [0.2, 0.25) is 0 Å². The van der Waals surface area contributed by atoms with Crippen LogP contribution in [0, 0.1) is 5.41 Å². The lowest BCUT2D eigenvalue weighted by Crippen LogP contribution is -2.38. The molecule has 0 unspecified atom stereocenters. The molecule has 0 spiro atoms. The Hall–Kier alpha value is -0.770. The highest BCUT2D eigenvalue weighted by Gasteiger charge is 2.35. The fraction of sp³-hybridized carbons (Fsp3) is 0.786. The maximum atomic E-state index is 6.04. The molecule has 1 saturated carbocycles. The molecule has 4 heteroatoms. The predicted octanol–water partition coefficient (Wildman–Crippen LogP) is 3.62. The Morgan fingerprint density at radius 1 is 1.39 bits per heavy atom. The first-order valence-electron chi connectivity index (χ1n) is 7.13. The van der Waals surface area contributed by atoms with E-state index >= 15 is 0 Å². The lowest BCUT2D eigenvalue weighted by molar-refractivity contribution is 0.238. The predicted molar refractivity (Wildman–Crippen MR) is 78.3 cm³/mol. The van der Waals surface area contributed by atoms with Gasteiger partial charge in [0.15, 0.2) is 0 Å². The number of piperidine rings is 1. The number of nitrogens with two attached hydrogens (primary N) is 1. The van der Waals surface area contributed by atoms with Gasteiger partial charge in [0.25, 0.3) is 0 Å². The fourth-order valence-electron chi connectivity index (χ4n) is 2.89. The minimum Gasteiger partial charge on any atom is -0.383 e. The van der Waals surface area contributed by atoms with Crippen LogP contribution in [0.3, 0.4) is 0 Å². The van der Waals surface area contributed by atoms with E-state index < -0.39 is 0 Å². The molecule has 2 N–H and O–H groups in total. The topological polar surface area (TPSA) is 42.2 Å². The second kappa shape index (κ2) is 4.41. The number of anilines is 2. The molecule has 1 aromatic heterocycles. The Morgan fingerprint density at radius 3 is 2.61 bits per heavy atom. The summed E-state index contributed by atoms with van der Waals surface area (Å²) in [5.41, 5.74) is 7.95. The molecule has 0 aromatic carbocycles. The highest BCUT2D eigenvalue weighted by molar-refractivity contribution is 7.10. The van der Waals surface area contributed by atoms with Crippen LogP contribution in [0.1, 0.15) is 57.4 Å². The number of aromatic nitrogens is 1. The summed E-state index contributed by atoms with van der Waals surface area (Å²) >= 11 is 1.61. The SMILES string of the molecule is CCC1(C)CCN(c2snc(N)c2C2CC2)CC1. The molecule has 18 heavy (non-hydrogen) atoms. The monoisotopic (exact) mass is 265 g/mol. The van der Waals surface area contributed by atoms with Crippen molar-refractivity contribution in [3.63, 3.8) is 0 Å². The molecule has 100 valence electrons. The second-order valence-corrected chi connectivity index (χ2v) is 6.96. The van der Waals surface area contributed by atoms with Gasteiger partial charge in [-0.25, -0.2) is 0 Å². The molecule has 1 aromatic rings. The van der Waals surface area contributed by atoms with E-state index in [4.69, 9.17) is 5.73 Å². The van der Waals surface area contributed by atoms with Crippen molar-refractivity contribution in [1.82, 2.24) is 4.37 Å². The molecule has 0 radical (unpaired) electrons. The molecule has 3 nitrogen and oxygen atoms in total. The molecule has 2 aliphatic rings. The summed E-state index contributed by atoms with van der Waals surface area (Å²) in [6.45, 7) is 7.08. The highest BCUT2D eigenvalue weighted by atomic mass is 32.1. The van der Waals surface area contributed by atoms with Gasteiger partial charge in [-0.3, -0.25) is 0 Å². The van der Waals surface area contributed by atoms with Crippen molar-refractivity contribution in [2.24, 2.45) is 5.41 Å². The van der Waals surface area contributed by atoms with Crippen LogP contribution in [0.25, 0.3) is 0 Å². The Kier molecular flexibility index (Phi) is 3.00. The maximum absolute atomic E-state index is 6.04. The lowest BCUT2D eigenvalue weighted by Gasteiger charge is -2.39. The van der Waals surface area contributed by atoms with Gasteiger partial charge < -0.3 is 10.6 Å². The van der Waals surface area contributed by atoms with E-state index in [0.29, 0.717) is 11.3 Å². The lowest BCUT2D eigenvalue weighted by atomic mass is 9.78. The van der Waals surface area contributed by atoms with E-state index in [1.54, 1.807) is 11.5 Å². The number of nitrogens with zero attached hydrogens (tertiary/aromatic N) is 2. The minimum atomic E-state index is 0.548. The van der Waals surface area contributed by atoms with Gasteiger partial charge in [-0.2, -0.15) is 4.37 Å². The van der Waals surface area contributed by atoms with Crippen LogP contribution in [0.15, 0.2) is 0 Å². The highest BCUT2D eigenvalue weighted by Crippen LogP contribution is 2.49. The fourth-order valence-corrected chi connectivity index (χ4v) is 3.84. The van der Waals surface area contributed by atoms with E-state index in [1.807, 2.05) is 0 Å². The summed E-state index contributed by atoms with van der Waals surface area (Å²) in [6.07, 6.45) is 6.49. The summed E-state index contributed by atoms with van der Waals surface area (Å²) in [4.78, 5) is 2.53. The van der Waals surface area contributed by atoms with Crippen LogP contribution in [-0.4, -0.2) is 17.5 Å². The molecule has 0 bridgehead atoms. The number of nitrogen functional groups attached to an aromatic ring is 1. The Bertz CT molecular complexity index is 428. The molecule has 2 heterocycles. The zero-order chi connectivity index (χ0) is 12.8. The van der Waals surface area contributed by atoms with Crippen molar-refractivity contribution < 1.29 is 0 Å². The third-order valence-electron chi connectivity index (χ3n) is 4.83. The average molecular weight is 265 g/mol. The van der Waals surface area contributed by atoms with Crippen molar-refractivity contribution in [3.8, 4) is 0 Å². The van der Waals surface area contributed by atoms with Gasteiger partial charge in [0.1, 0.15) is 10.8 Å². The summed E-state index contributed by atoms with van der Waals surface area (Å²) in [7, 11) is 0. The summed E-state index contributed by atoms with van der Waals surface area (Å²) in [5, 5.41) is 1.37. The maximum Gasteiger partial charge on any atom is 0.142 e. The molecule has 1 aliphatic heterocycles. The molecular weight excluding hydrogens is 242 g/mol. The van der Waals surface area contributed by atoms with E-state index in [0.717, 1.165) is 5.82 Å². The quantitative estimate of drug-likeness (QED) is 0.907. The minimum absolute atomic E-state index is 0.548.